The van der Waals surface area contributed by atoms with E-state index in [0.717, 1.165) is 25.9 Å². The highest BCUT2D eigenvalue weighted by Gasteiger charge is 2.35. The molecule has 6 heteroatoms. The van der Waals surface area contributed by atoms with Crippen LogP contribution in [-0.2, 0) is 9.53 Å². The van der Waals surface area contributed by atoms with E-state index in [4.69, 9.17) is 4.74 Å². The van der Waals surface area contributed by atoms with Gasteiger partial charge in [-0.25, -0.2) is 0 Å². The first-order chi connectivity index (χ1) is 9.09. The minimum absolute atomic E-state index is 0.0000463. The molecule has 1 aliphatic carbocycles. The average Bonchev–Trinajstić information content (AvgIpc) is 2.42. The summed E-state index contributed by atoms with van der Waals surface area (Å²) < 4.78 is 5.25. The number of ether oxygens (including phenoxy) is 1. The normalized spacial score (nSPS) is 33.1. The second-order valence-electron chi connectivity index (χ2n) is 5.45. The molecule has 1 saturated heterocycles. The van der Waals surface area contributed by atoms with E-state index in [1.54, 1.807) is 11.9 Å². The molecule has 3 atom stereocenters. The smallest absolute Gasteiger partial charge is 0.236 e. The Bertz CT molecular complexity index is 307. The van der Waals surface area contributed by atoms with Gasteiger partial charge in [-0.3, -0.25) is 9.69 Å². The number of aliphatic hydroxyl groups excluding tert-OH is 2. The van der Waals surface area contributed by atoms with Gasteiger partial charge in [-0.15, -0.1) is 0 Å². The Morgan fingerprint density at radius 1 is 1.32 bits per heavy atom. The first-order valence-electron chi connectivity index (χ1n) is 7.01. The van der Waals surface area contributed by atoms with Crippen LogP contribution in [0.5, 0.6) is 0 Å². The summed E-state index contributed by atoms with van der Waals surface area (Å²) in [7, 11) is 1.72. The van der Waals surface area contributed by atoms with Gasteiger partial charge in [-0.2, -0.15) is 0 Å². The highest BCUT2D eigenvalue weighted by Crippen LogP contribution is 2.23. The van der Waals surface area contributed by atoms with Crippen molar-refractivity contribution < 1.29 is 19.7 Å². The van der Waals surface area contributed by atoms with Crippen LogP contribution in [-0.4, -0.2) is 84.1 Å². The number of carbonyl (C=O) groups excluding carboxylic acids is 1. The zero-order valence-corrected chi connectivity index (χ0v) is 11.5. The van der Waals surface area contributed by atoms with E-state index < -0.39 is 12.2 Å². The molecule has 19 heavy (non-hydrogen) atoms. The van der Waals surface area contributed by atoms with Crippen molar-refractivity contribution in [3.63, 3.8) is 0 Å². The van der Waals surface area contributed by atoms with Crippen molar-refractivity contribution in [3.05, 3.63) is 0 Å². The number of hydrogen-bond acceptors (Lipinski definition) is 5. The van der Waals surface area contributed by atoms with Crippen LogP contribution in [0.15, 0.2) is 0 Å². The van der Waals surface area contributed by atoms with Crippen molar-refractivity contribution in [2.45, 2.75) is 37.5 Å². The average molecular weight is 272 g/mol. The number of rotatable bonds is 3. The van der Waals surface area contributed by atoms with Gasteiger partial charge in [0.1, 0.15) is 6.10 Å². The molecule has 0 aromatic rings. The number of likely N-dealkylation sites (N-methyl/N-ethyl adjacent to an activating group) is 1. The molecule has 1 aliphatic heterocycles. The molecular formula is C13H24N2O4. The standard InChI is InChI=1S/C13H24N2O4/c1-14(10-3-2-4-11(16)13(10)18)12(17)9-15-5-7-19-8-6-15/h10-11,13,16,18H,2-9H2,1H3/t10-,11-,13-/m1/s1. The molecule has 2 rings (SSSR count). The predicted molar refractivity (Wildman–Crippen MR) is 69.7 cm³/mol. The Morgan fingerprint density at radius 3 is 2.68 bits per heavy atom. The van der Waals surface area contributed by atoms with Crippen molar-refractivity contribution in [2.75, 3.05) is 39.9 Å². The van der Waals surface area contributed by atoms with Crippen LogP contribution >= 0.6 is 0 Å². The van der Waals surface area contributed by atoms with E-state index in [1.807, 2.05) is 0 Å². The van der Waals surface area contributed by atoms with Gasteiger partial charge in [0.15, 0.2) is 0 Å². The lowest BCUT2D eigenvalue weighted by molar-refractivity contribution is -0.140. The number of hydrogen-bond donors (Lipinski definition) is 2. The fraction of sp³-hybridized carbons (Fsp3) is 0.923. The summed E-state index contributed by atoms with van der Waals surface area (Å²) in [6, 6.07) is -0.266. The second kappa shape index (κ2) is 6.65. The molecule has 1 saturated carbocycles. The largest absolute Gasteiger partial charge is 0.390 e. The Hall–Kier alpha value is -0.690. The Kier molecular flexibility index (Phi) is 5.15. The quantitative estimate of drug-likeness (QED) is 0.693. The lowest BCUT2D eigenvalue weighted by atomic mass is 9.89. The monoisotopic (exact) mass is 272 g/mol. The van der Waals surface area contributed by atoms with Crippen molar-refractivity contribution in [1.29, 1.82) is 0 Å². The first kappa shape index (κ1) is 14.7. The molecule has 0 radical (unpaired) electrons. The number of carbonyl (C=O) groups is 1. The third-order valence-corrected chi connectivity index (χ3v) is 4.14. The SMILES string of the molecule is CN(C(=O)CN1CCOCC1)[C@@H]1CCC[C@@H](O)[C@@H]1O. The molecule has 0 spiro atoms. The molecule has 2 N–H and O–H groups in total. The molecule has 2 fully saturated rings. The minimum Gasteiger partial charge on any atom is -0.390 e. The van der Waals surface area contributed by atoms with E-state index in [0.29, 0.717) is 26.2 Å². The number of morpholine rings is 1. The Labute approximate surface area is 113 Å². The molecule has 0 unspecified atom stereocenters. The Morgan fingerprint density at radius 2 is 2.00 bits per heavy atom. The van der Waals surface area contributed by atoms with Crippen molar-refractivity contribution in [1.82, 2.24) is 9.80 Å². The lowest BCUT2D eigenvalue weighted by Gasteiger charge is -2.38. The highest BCUT2D eigenvalue weighted by atomic mass is 16.5. The number of aliphatic hydroxyl groups is 2. The predicted octanol–water partition coefficient (Wildman–Crippen LogP) is -0.949. The summed E-state index contributed by atoms with van der Waals surface area (Å²) in [5, 5.41) is 19.7. The summed E-state index contributed by atoms with van der Waals surface area (Å²) in [5.41, 5.74) is 0. The van der Waals surface area contributed by atoms with E-state index in [1.165, 1.54) is 0 Å². The molecular weight excluding hydrogens is 248 g/mol. The third kappa shape index (κ3) is 3.66. The van der Waals surface area contributed by atoms with Crippen LogP contribution in [0.1, 0.15) is 19.3 Å². The van der Waals surface area contributed by atoms with Crippen LogP contribution < -0.4 is 0 Å². The van der Waals surface area contributed by atoms with Gasteiger partial charge in [-0.05, 0) is 19.3 Å². The molecule has 1 heterocycles. The number of amides is 1. The third-order valence-electron chi connectivity index (χ3n) is 4.14. The zero-order valence-electron chi connectivity index (χ0n) is 11.5. The van der Waals surface area contributed by atoms with Crippen LogP contribution in [0.4, 0.5) is 0 Å². The maximum atomic E-state index is 12.2. The highest BCUT2D eigenvalue weighted by molar-refractivity contribution is 5.78. The Balaban J connectivity index is 1.86. The first-order valence-corrected chi connectivity index (χ1v) is 7.01. The van der Waals surface area contributed by atoms with Crippen LogP contribution in [0, 0.1) is 0 Å². The summed E-state index contributed by atoms with van der Waals surface area (Å²) in [4.78, 5) is 15.9. The maximum absolute atomic E-state index is 12.2. The second-order valence-corrected chi connectivity index (χ2v) is 5.45. The van der Waals surface area contributed by atoms with Crippen LogP contribution in [0.3, 0.4) is 0 Å². The molecule has 0 bridgehead atoms. The van der Waals surface area contributed by atoms with E-state index in [2.05, 4.69) is 4.90 Å². The van der Waals surface area contributed by atoms with E-state index >= 15 is 0 Å². The maximum Gasteiger partial charge on any atom is 0.236 e. The fourth-order valence-electron chi connectivity index (χ4n) is 2.80. The van der Waals surface area contributed by atoms with Crippen molar-refractivity contribution >= 4 is 5.91 Å². The van der Waals surface area contributed by atoms with Gasteiger partial charge in [0, 0.05) is 20.1 Å². The summed E-state index contributed by atoms with van der Waals surface area (Å²) in [6.07, 6.45) is 0.676. The van der Waals surface area contributed by atoms with Gasteiger partial charge in [0.05, 0.1) is 31.9 Å². The fourth-order valence-corrected chi connectivity index (χ4v) is 2.80. The minimum atomic E-state index is -0.826. The topological polar surface area (TPSA) is 73.2 Å². The van der Waals surface area contributed by atoms with Gasteiger partial charge < -0.3 is 19.8 Å². The summed E-state index contributed by atoms with van der Waals surface area (Å²) in [5.74, 6) is 0.0000463. The van der Waals surface area contributed by atoms with Crippen molar-refractivity contribution in [2.24, 2.45) is 0 Å². The van der Waals surface area contributed by atoms with Gasteiger partial charge in [0.2, 0.25) is 5.91 Å². The summed E-state index contributed by atoms with van der Waals surface area (Å²) in [6.45, 7) is 3.24. The van der Waals surface area contributed by atoms with Gasteiger partial charge in [-0.1, -0.05) is 0 Å². The number of nitrogens with zero attached hydrogens (tertiary/aromatic N) is 2. The van der Waals surface area contributed by atoms with Gasteiger partial charge >= 0.3 is 0 Å². The molecule has 110 valence electrons. The zero-order chi connectivity index (χ0) is 13.8. The van der Waals surface area contributed by atoms with E-state index in [-0.39, 0.29) is 11.9 Å². The van der Waals surface area contributed by atoms with Crippen LogP contribution in [0.2, 0.25) is 0 Å². The van der Waals surface area contributed by atoms with E-state index in [9.17, 15) is 15.0 Å². The molecule has 2 aliphatic rings. The van der Waals surface area contributed by atoms with Crippen LogP contribution in [0.25, 0.3) is 0 Å². The molecule has 1 amide bonds. The van der Waals surface area contributed by atoms with Gasteiger partial charge in [0.25, 0.3) is 0 Å². The molecule has 6 nitrogen and oxygen atoms in total. The molecule has 0 aromatic heterocycles. The lowest BCUT2D eigenvalue weighted by Crippen LogP contribution is -2.54. The van der Waals surface area contributed by atoms with Crippen molar-refractivity contribution in [3.8, 4) is 0 Å². The summed E-state index contributed by atoms with van der Waals surface area (Å²) >= 11 is 0. The molecule has 0 aromatic carbocycles.